The molecule has 6 nitrogen and oxygen atoms in total. The van der Waals surface area contributed by atoms with Gasteiger partial charge in [0.25, 0.3) is 5.56 Å². The summed E-state index contributed by atoms with van der Waals surface area (Å²) in [4.78, 5) is 28.9. The molecule has 3 aromatic rings. The van der Waals surface area contributed by atoms with Crippen molar-refractivity contribution >= 4 is 30.7 Å². The minimum Gasteiger partial charge on any atom is -0.381 e. The number of rotatable bonds is 2. The number of nitrogens with zero attached hydrogens (tertiary/aromatic N) is 4. The molecule has 1 aromatic carbocycles. The van der Waals surface area contributed by atoms with Gasteiger partial charge in [0.15, 0.2) is 5.65 Å². The van der Waals surface area contributed by atoms with Gasteiger partial charge in [-0.1, -0.05) is 11.6 Å². The normalized spacial score (nSPS) is 11.1. The van der Waals surface area contributed by atoms with Crippen LogP contribution in [-0.4, -0.2) is 26.6 Å². The second kappa shape index (κ2) is 4.93. The lowest BCUT2D eigenvalue weighted by Crippen LogP contribution is -2.39. The Kier molecular flexibility index (Phi) is 3.21. The quantitative estimate of drug-likeness (QED) is 0.662. The highest BCUT2D eigenvalue weighted by atomic mass is 35.5. The summed E-state index contributed by atoms with van der Waals surface area (Å²) in [6.07, 6.45) is 1.30. The Balaban J connectivity index is 2.50. The Morgan fingerprint density at radius 3 is 2.52 bits per heavy atom. The molecule has 2 aromatic heterocycles. The van der Waals surface area contributed by atoms with Gasteiger partial charge in [0.05, 0.1) is 12.0 Å². The van der Waals surface area contributed by atoms with Crippen LogP contribution in [0.2, 0.25) is 5.02 Å². The van der Waals surface area contributed by atoms with E-state index in [1.165, 1.54) is 10.9 Å². The van der Waals surface area contributed by atoms with Gasteiger partial charge in [0.1, 0.15) is 5.52 Å². The van der Waals surface area contributed by atoms with E-state index in [1.54, 1.807) is 31.2 Å². The SMILES string of the molecule is [B]n1cnc2c1c(=O)n(CC)c(=O)n2-c1ccc(Cl)cc1. The van der Waals surface area contributed by atoms with Crippen molar-refractivity contribution < 1.29 is 0 Å². The van der Waals surface area contributed by atoms with Crippen LogP contribution >= 0.6 is 11.6 Å². The summed E-state index contributed by atoms with van der Waals surface area (Å²) in [6, 6.07) is 6.69. The molecule has 8 heteroatoms. The van der Waals surface area contributed by atoms with Crippen molar-refractivity contribution in [2.45, 2.75) is 13.5 Å². The zero-order chi connectivity index (χ0) is 15.1. The maximum atomic E-state index is 12.5. The highest BCUT2D eigenvalue weighted by Gasteiger charge is 2.16. The molecule has 0 unspecified atom stereocenters. The largest absolute Gasteiger partial charge is 0.381 e. The molecule has 104 valence electrons. The van der Waals surface area contributed by atoms with Crippen molar-refractivity contribution in [2.75, 3.05) is 0 Å². The lowest BCUT2D eigenvalue weighted by atomic mass is 10.3. The van der Waals surface area contributed by atoms with E-state index in [0.717, 1.165) is 9.05 Å². The molecule has 21 heavy (non-hydrogen) atoms. The van der Waals surface area contributed by atoms with E-state index in [4.69, 9.17) is 19.6 Å². The molecule has 0 N–H and O–H groups in total. The Morgan fingerprint density at radius 1 is 1.24 bits per heavy atom. The first kappa shape index (κ1) is 13.7. The van der Waals surface area contributed by atoms with Crippen molar-refractivity contribution in [1.29, 1.82) is 0 Å². The number of benzene rings is 1. The molecule has 0 saturated heterocycles. The fourth-order valence-corrected chi connectivity index (χ4v) is 2.37. The zero-order valence-corrected chi connectivity index (χ0v) is 11.9. The van der Waals surface area contributed by atoms with Crippen LogP contribution < -0.4 is 11.2 Å². The van der Waals surface area contributed by atoms with E-state index in [2.05, 4.69) is 4.98 Å². The molecular formula is C13H10BClN4O2. The number of hydrogen-bond donors (Lipinski definition) is 0. The maximum Gasteiger partial charge on any atom is 0.337 e. The molecular weight excluding hydrogens is 290 g/mol. The molecule has 0 spiro atoms. The van der Waals surface area contributed by atoms with Crippen LogP contribution in [0.4, 0.5) is 0 Å². The van der Waals surface area contributed by atoms with Gasteiger partial charge < -0.3 is 4.48 Å². The monoisotopic (exact) mass is 300 g/mol. The third-order valence-corrected chi connectivity index (χ3v) is 3.51. The number of fused-ring (bicyclic) bond motifs is 1. The van der Waals surface area contributed by atoms with Crippen LogP contribution in [0, 0.1) is 0 Å². The van der Waals surface area contributed by atoms with Crippen molar-refractivity contribution in [3.63, 3.8) is 0 Å². The van der Waals surface area contributed by atoms with Gasteiger partial charge in [-0.25, -0.2) is 14.3 Å². The van der Waals surface area contributed by atoms with E-state index in [-0.39, 0.29) is 17.7 Å². The fourth-order valence-electron chi connectivity index (χ4n) is 2.25. The second-order valence-corrected chi connectivity index (χ2v) is 4.90. The van der Waals surface area contributed by atoms with Crippen LogP contribution in [0.5, 0.6) is 0 Å². The first-order valence-corrected chi connectivity index (χ1v) is 6.66. The fraction of sp³-hybridized carbons (Fsp3) is 0.154. The number of aromatic nitrogens is 4. The van der Waals surface area contributed by atoms with E-state index in [0.29, 0.717) is 10.7 Å². The summed E-state index contributed by atoms with van der Waals surface area (Å²) in [5.41, 5.74) is 0.0416. The molecule has 0 amide bonds. The van der Waals surface area contributed by atoms with E-state index >= 15 is 0 Å². The lowest BCUT2D eigenvalue weighted by molar-refractivity contribution is 0.659. The molecule has 2 radical (unpaired) electrons. The van der Waals surface area contributed by atoms with Crippen LogP contribution in [0.1, 0.15) is 6.92 Å². The van der Waals surface area contributed by atoms with Gasteiger partial charge in [-0.15, -0.1) is 0 Å². The van der Waals surface area contributed by atoms with Gasteiger partial charge in [0.2, 0.25) is 7.98 Å². The molecule has 2 heterocycles. The third kappa shape index (κ3) is 2.01. The first-order valence-electron chi connectivity index (χ1n) is 6.28. The topological polar surface area (TPSA) is 61.8 Å². The molecule has 3 rings (SSSR count). The maximum absolute atomic E-state index is 12.5. The Bertz CT molecular complexity index is 940. The van der Waals surface area contributed by atoms with Crippen LogP contribution in [0.15, 0.2) is 40.2 Å². The van der Waals surface area contributed by atoms with Gasteiger partial charge in [-0.05, 0) is 31.2 Å². The van der Waals surface area contributed by atoms with Crippen molar-refractivity contribution in [3.8, 4) is 5.69 Å². The highest BCUT2D eigenvalue weighted by Crippen LogP contribution is 2.15. The minimum atomic E-state index is -0.462. The molecule has 0 bridgehead atoms. The third-order valence-electron chi connectivity index (χ3n) is 3.26. The first-order chi connectivity index (χ1) is 10.0. The number of hydrogen-bond acceptors (Lipinski definition) is 3. The van der Waals surface area contributed by atoms with Crippen LogP contribution in [0.25, 0.3) is 16.9 Å². The highest BCUT2D eigenvalue weighted by molar-refractivity contribution is 6.30. The standard InChI is InChI=1S/C13H10BClN4O2/c1-2-17-12(20)10-11(16-7-18(10)14)19(13(17)21)9-5-3-8(15)4-6-9/h3-7H,2H2,1H3. The number of halogens is 1. The smallest absolute Gasteiger partial charge is 0.337 e. The molecule has 0 fully saturated rings. The van der Waals surface area contributed by atoms with Crippen LogP contribution in [-0.2, 0) is 6.54 Å². The lowest BCUT2D eigenvalue weighted by Gasteiger charge is -2.10. The van der Waals surface area contributed by atoms with Crippen molar-refractivity contribution in [1.82, 2.24) is 18.6 Å². The Labute approximate surface area is 125 Å². The van der Waals surface area contributed by atoms with E-state index in [9.17, 15) is 9.59 Å². The molecule has 0 atom stereocenters. The van der Waals surface area contributed by atoms with Crippen molar-refractivity contribution in [3.05, 3.63) is 56.5 Å². The van der Waals surface area contributed by atoms with Crippen LogP contribution in [0.3, 0.4) is 0 Å². The van der Waals surface area contributed by atoms with E-state index in [1.807, 2.05) is 0 Å². The molecule has 0 aliphatic carbocycles. The average Bonchev–Trinajstić information content (AvgIpc) is 2.83. The summed E-state index contributed by atoms with van der Waals surface area (Å²) >= 11 is 5.86. The van der Waals surface area contributed by atoms with Gasteiger partial charge in [0, 0.05) is 11.6 Å². The van der Waals surface area contributed by atoms with E-state index < -0.39 is 11.2 Å². The van der Waals surface area contributed by atoms with Gasteiger partial charge in [-0.3, -0.25) is 9.36 Å². The second-order valence-electron chi connectivity index (χ2n) is 4.47. The predicted molar refractivity (Wildman–Crippen MR) is 81.4 cm³/mol. The van der Waals surface area contributed by atoms with Gasteiger partial charge >= 0.3 is 5.69 Å². The van der Waals surface area contributed by atoms with Crippen molar-refractivity contribution in [2.24, 2.45) is 0 Å². The zero-order valence-electron chi connectivity index (χ0n) is 11.2. The molecule has 0 aliphatic heterocycles. The summed E-state index contributed by atoms with van der Waals surface area (Å²) in [5, 5.41) is 0.552. The van der Waals surface area contributed by atoms with Gasteiger partial charge in [-0.2, -0.15) is 0 Å². The Hall–Kier alpha value is -2.28. The summed E-state index contributed by atoms with van der Waals surface area (Å²) in [6.45, 7) is 1.96. The average molecular weight is 301 g/mol. The predicted octanol–water partition coefficient (Wildman–Crippen LogP) is 0.954. The number of imidazole rings is 1. The summed E-state index contributed by atoms with van der Waals surface area (Å²) in [7, 11) is 5.73. The molecule has 0 saturated carbocycles. The minimum absolute atomic E-state index is 0.173. The summed E-state index contributed by atoms with van der Waals surface area (Å²) < 4.78 is 3.58. The Morgan fingerprint density at radius 2 is 1.90 bits per heavy atom. The molecule has 0 aliphatic rings. The summed E-state index contributed by atoms with van der Waals surface area (Å²) in [5.74, 6) is 0.